The Kier molecular flexibility index (Phi) is 3.56. The standard InChI is InChI=1S/C12H14F2N2O/c13-9-5-4-6-10(14)11(9)15-12(17)16-7-2-1-3-8-16/h4-6H,1-3,7-8H2,(H,15,17). The van der Waals surface area contributed by atoms with Crippen LogP contribution in [0.5, 0.6) is 0 Å². The Bertz CT molecular complexity index is 397. The van der Waals surface area contributed by atoms with Crippen LogP contribution in [0.2, 0.25) is 0 Å². The van der Waals surface area contributed by atoms with Crippen molar-refractivity contribution in [1.82, 2.24) is 4.90 Å². The first kappa shape index (κ1) is 11.8. The Labute approximate surface area is 98.4 Å². The summed E-state index contributed by atoms with van der Waals surface area (Å²) >= 11 is 0. The molecule has 92 valence electrons. The number of piperidine rings is 1. The second-order valence-corrected chi connectivity index (χ2v) is 4.07. The molecule has 1 heterocycles. The average Bonchev–Trinajstić information content (AvgIpc) is 2.35. The third-order valence-electron chi connectivity index (χ3n) is 2.84. The number of anilines is 1. The molecule has 1 aromatic carbocycles. The van der Waals surface area contributed by atoms with Crippen molar-refractivity contribution in [3.63, 3.8) is 0 Å². The molecule has 0 radical (unpaired) electrons. The molecular formula is C12H14F2N2O. The van der Waals surface area contributed by atoms with Crippen LogP contribution in [0.3, 0.4) is 0 Å². The molecule has 1 aromatic rings. The molecule has 1 aliphatic rings. The van der Waals surface area contributed by atoms with Gasteiger partial charge in [0.2, 0.25) is 0 Å². The molecule has 2 rings (SSSR count). The van der Waals surface area contributed by atoms with Gasteiger partial charge in [0.05, 0.1) is 0 Å². The lowest BCUT2D eigenvalue weighted by Gasteiger charge is -2.26. The molecule has 3 nitrogen and oxygen atoms in total. The molecule has 0 unspecified atom stereocenters. The molecule has 0 aromatic heterocycles. The molecule has 0 atom stereocenters. The molecule has 1 aliphatic heterocycles. The SMILES string of the molecule is O=C(Nc1c(F)cccc1F)N1CCCCC1. The number of benzene rings is 1. The largest absolute Gasteiger partial charge is 0.325 e. The lowest BCUT2D eigenvalue weighted by Crippen LogP contribution is -2.39. The van der Waals surface area contributed by atoms with Gasteiger partial charge in [-0.25, -0.2) is 13.6 Å². The highest BCUT2D eigenvalue weighted by Gasteiger charge is 2.19. The minimum Gasteiger partial charge on any atom is -0.325 e. The van der Waals surface area contributed by atoms with Gasteiger partial charge < -0.3 is 10.2 Å². The summed E-state index contributed by atoms with van der Waals surface area (Å²) in [6, 6.07) is 3.07. The van der Waals surface area contributed by atoms with Crippen molar-refractivity contribution in [2.24, 2.45) is 0 Å². The fraction of sp³-hybridized carbons (Fsp3) is 0.417. The Hall–Kier alpha value is -1.65. The number of rotatable bonds is 1. The summed E-state index contributed by atoms with van der Waals surface area (Å²) in [5.41, 5.74) is -0.372. The van der Waals surface area contributed by atoms with E-state index in [9.17, 15) is 13.6 Å². The number of urea groups is 1. The highest BCUT2D eigenvalue weighted by molar-refractivity contribution is 5.89. The van der Waals surface area contributed by atoms with E-state index < -0.39 is 17.7 Å². The zero-order valence-corrected chi connectivity index (χ0v) is 9.38. The molecular weight excluding hydrogens is 226 g/mol. The van der Waals surface area contributed by atoms with Crippen LogP contribution in [0.1, 0.15) is 19.3 Å². The molecule has 1 N–H and O–H groups in total. The van der Waals surface area contributed by atoms with Gasteiger partial charge in [-0.15, -0.1) is 0 Å². The van der Waals surface area contributed by atoms with Crippen LogP contribution in [-0.4, -0.2) is 24.0 Å². The van der Waals surface area contributed by atoms with Crippen LogP contribution in [-0.2, 0) is 0 Å². The number of likely N-dealkylation sites (tertiary alicyclic amines) is 1. The number of carbonyl (C=O) groups is 1. The summed E-state index contributed by atoms with van der Waals surface area (Å²) < 4.78 is 26.6. The Morgan fingerprint density at radius 1 is 1.12 bits per heavy atom. The summed E-state index contributed by atoms with van der Waals surface area (Å²) in [5, 5.41) is 2.29. The highest BCUT2D eigenvalue weighted by Crippen LogP contribution is 2.19. The minimum atomic E-state index is -0.754. The number of para-hydroxylation sites is 1. The van der Waals surface area contributed by atoms with E-state index in [0.29, 0.717) is 13.1 Å². The third-order valence-corrected chi connectivity index (χ3v) is 2.84. The zero-order chi connectivity index (χ0) is 12.3. The number of halogens is 2. The molecule has 1 fully saturated rings. The minimum absolute atomic E-state index is 0.372. The lowest BCUT2D eigenvalue weighted by atomic mass is 10.1. The van der Waals surface area contributed by atoms with Crippen LogP contribution in [0, 0.1) is 11.6 Å². The number of nitrogens with one attached hydrogen (secondary N) is 1. The number of hydrogen-bond acceptors (Lipinski definition) is 1. The summed E-state index contributed by atoms with van der Waals surface area (Å²) in [4.78, 5) is 13.3. The van der Waals surface area contributed by atoms with Gasteiger partial charge in [-0.05, 0) is 31.4 Å². The Morgan fingerprint density at radius 2 is 1.71 bits per heavy atom. The van der Waals surface area contributed by atoms with Crippen molar-refractivity contribution < 1.29 is 13.6 Å². The van der Waals surface area contributed by atoms with Gasteiger partial charge in [-0.2, -0.15) is 0 Å². The third kappa shape index (κ3) is 2.72. The molecule has 2 amide bonds. The summed E-state index contributed by atoms with van der Waals surface area (Å²) in [5.74, 6) is -1.51. The van der Waals surface area contributed by atoms with Crippen molar-refractivity contribution in [2.45, 2.75) is 19.3 Å². The Balaban J connectivity index is 2.07. The predicted molar refractivity (Wildman–Crippen MR) is 60.8 cm³/mol. The van der Waals surface area contributed by atoms with Crippen molar-refractivity contribution in [3.05, 3.63) is 29.8 Å². The number of carbonyl (C=O) groups excluding carboxylic acids is 1. The maximum Gasteiger partial charge on any atom is 0.322 e. The van der Waals surface area contributed by atoms with Crippen molar-refractivity contribution in [3.8, 4) is 0 Å². The van der Waals surface area contributed by atoms with Gasteiger partial charge in [0.15, 0.2) is 0 Å². The Morgan fingerprint density at radius 3 is 2.29 bits per heavy atom. The maximum atomic E-state index is 13.3. The molecule has 0 spiro atoms. The van der Waals surface area contributed by atoms with Crippen LogP contribution >= 0.6 is 0 Å². The zero-order valence-electron chi connectivity index (χ0n) is 9.38. The topological polar surface area (TPSA) is 32.3 Å². The fourth-order valence-corrected chi connectivity index (χ4v) is 1.90. The van der Waals surface area contributed by atoms with E-state index in [-0.39, 0.29) is 5.69 Å². The van der Waals surface area contributed by atoms with E-state index in [2.05, 4.69) is 5.32 Å². The van der Waals surface area contributed by atoms with Crippen LogP contribution in [0.15, 0.2) is 18.2 Å². The van der Waals surface area contributed by atoms with Gasteiger partial charge in [0.25, 0.3) is 0 Å². The van der Waals surface area contributed by atoms with Crippen LogP contribution < -0.4 is 5.32 Å². The van der Waals surface area contributed by atoms with Gasteiger partial charge in [0, 0.05) is 13.1 Å². The van der Waals surface area contributed by atoms with Gasteiger partial charge in [-0.3, -0.25) is 0 Å². The van der Waals surface area contributed by atoms with Crippen molar-refractivity contribution in [2.75, 3.05) is 18.4 Å². The second kappa shape index (κ2) is 5.12. The van der Waals surface area contributed by atoms with Crippen molar-refractivity contribution >= 4 is 11.7 Å². The van der Waals surface area contributed by atoms with Gasteiger partial charge in [0.1, 0.15) is 17.3 Å². The first-order valence-corrected chi connectivity index (χ1v) is 5.68. The van der Waals surface area contributed by atoms with Crippen molar-refractivity contribution in [1.29, 1.82) is 0 Å². The molecule has 0 saturated carbocycles. The number of hydrogen-bond donors (Lipinski definition) is 1. The molecule has 5 heteroatoms. The van der Waals surface area contributed by atoms with E-state index in [1.807, 2.05) is 0 Å². The van der Waals surface area contributed by atoms with Crippen LogP contribution in [0.4, 0.5) is 19.3 Å². The first-order valence-electron chi connectivity index (χ1n) is 5.68. The monoisotopic (exact) mass is 240 g/mol. The highest BCUT2D eigenvalue weighted by atomic mass is 19.1. The molecule has 17 heavy (non-hydrogen) atoms. The van der Waals surface area contributed by atoms with Crippen LogP contribution in [0.25, 0.3) is 0 Å². The van der Waals surface area contributed by atoms with E-state index in [1.54, 1.807) is 4.90 Å². The van der Waals surface area contributed by atoms with Gasteiger partial charge >= 0.3 is 6.03 Å². The summed E-state index contributed by atoms with van der Waals surface area (Å²) in [7, 11) is 0. The number of nitrogens with zero attached hydrogens (tertiary/aromatic N) is 1. The number of amides is 2. The lowest BCUT2D eigenvalue weighted by molar-refractivity contribution is 0.200. The quantitative estimate of drug-likeness (QED) is 0.804. The molecule has 0 bridgehead atoms. The second-order valence-electron chi connectivity index (χ2n) is 4.07. The van der Waals surface area contributed by atoms with E-state index in [0.717, 1.165) is 31.4 Å². The normalized spacial score (nSPS) is 15.8. The van der Waals surface area contributed by atoms with E-state index in [4.69, 9.17) is 0 Å². The van der Waals surface area contributed by atoms with E-state index in [1.165, 1.54) is 6.07 Å². The fourth-order valence-electron chi connectivity index (χ4n) is 1.90. The molecule has 1 saturated heterocycles. The first-order chi connectivity index (χ1) is 8.18. The average molecular weight is 240 g/mol. The predicted octanol–water partition coefficient (Wildman–Crippen LogP) is 2.98. The van der Waals surface area contributed by atoms with Gasteiger partial charge in [-0.1, -0.05) is 6.07 Å². The smallest absolute Gasteiger partial charge is 0.322 e. The summed E-state index contributed by atoms with van der Waals surface area (Å²) in [6.45, 7) is 1.28. The maximum absolute atomic E-state index is 13.3. The summed E-state index contributed by atoms with van der Waals surface area (Å²) in [6.07, 6.45) is 2.97. The van der Waals surface area contributed by atoms with E-state index >= 15 is 0 Å². The molecule has 0 aliphatic carbocycles.